The molecule has 1 saturated heterocycles. The second-order valence-corrected chi connectivity index (χ2v) is 7.33. The van der Waals surface area contributed by atoms with E-state index in [2.05, 4.69) is 29.6 Å². The molecule has 3 rings (SSSR count). The predicted octanol–water partition coefficient (Wildman–Crippen LogP) is 3.88. The van der Waals surface area contributed by atoms with E-state index in [1.165, 1.54) is 11.1 Å². The molecule has 0 saturated carbocycles. The number of piperidine rings is 1. The van der Waals surface area contributed by atoms with Crippen LogP contribution in [0.5, 0.6) is 0 Å². The molecule has 1 unspecified atom stereocenters. The highest BCUT2D eigenvalue weighted by molar-refractivity contribution is 5.94. The Labute approximate surface area is 162 Å². The molecular weight excluding hydrogens is 334 g/mol. The topological polar surface area (TPSA) is 58.4 Å². The zero-order valence-corrected chi connectivity index (χ0v) is 16.4. The van der Waals surface area contributed by atoms with Crippen LogP contribution in [0.2, 0.25) is 0 Å². The van der Waals surface area contributed by atoms with Gasteiger partial charge in [-0.25, -0.2) is 0 Å². The van der Waals surface area contributed by atoms with Gasteiger partial charge in [0.15, 0.2) is 0 Å². The van der Waals surface area contributed by atoms with Crippen LogP contribution in [0.25, 0.3) is 0 Å². The summed E-state index contributed by atoms with van der Waals surface area (Å²) in [4.78, 5) is 14.5. The Morgan fingerprint density at radius 1 is 1.07 bits per heavy atom. The van der Waals surface area contributed by atoms with E-state index in [1.54, 1.807) is 0 Å². The number of anilines is 1. The van der Waals surface area contributed by atoms with Crippen molar-refractivity contribution in [2.45, 2.75) is 32.6 Å². The first-order valence-electron chi connectivity index (χ1n) is 10.1. The monoisotopic (exact) mass is 365 g/mol. The van der Waals surface area contributed by atoms with Crippen LogP contribution in [-0.2, 0) is 0 Å². The molecule has 0 bridgehead atoms. The van der Waals surface area contributed by atoms with Crippen molar-refractivity contribution >= 4 is 11.6 Å². The number of carbonyl (C=O) groups excluding carboxylic acids is 1. The molecule has 1 fully saturated rings. The standard InChI is InChI=1S/C23H31N3O/c1-3-26(4-2)23(27)19-10-8-17(9-11-19)22(18-12-14-25-15-13-18)20-6-5-7-21(24)16-20/h5-11,16,18,22,25H,3-4,12-15,24H2,1-2H3. The first kappa shape index (κ1) is 19.4. The highest BCUT2D eigenvalue weighted by atomic mass is 16.2. The van der Waals surface area contributed by atoms with Gasteiger partial charge in [-0.15, -0.1) is 0 Å². The van der Waals surface area contributed by atoms with Crippen LogP contribution in [0.3, 0.4) is 0 Å². The lowest BCUT2D eigenvalue weighted by Crippen LogP contribution is -2.31. The molecule has 4 heteroatoms. The fourth-order valence-corrected chi connectivity index (χ4v) is 4.19. The van der Waals surface area contributed by atoms with Gasteiger partial charge >= 0.3 is 0 Å². The Morgan fingerprint density at radius 2 is 1.74 bits per heavy atom. The second-order valence-electron chi connectivity index (χ2n) is 7.33. The maximum absolute atomic E-state index is 12.6. The lowest BCUT2D eigenvalue weighted by Gasteiger charge is -2.32. The number of nitrogen functional groups attached to an aromatic ring is 1. The summed E-state index contributed by atoms with van der Waals surface area (Å²) in [5, 5.41) is 3.46. The summed E-state index contributed by atoms with van der Waals surface area (Å²) in [6, 6.07) is 16.5. The summed E-state index contributed by atoms with van der Waals surface area (Å²) < 4.78 is 0. The van der Waals surface area contributed by atoms with E-state index in [0.717, 1.165) is 50.3 Å². The number of nitrogens with one attached hydrogen (secondary N) is 1. The molecule has 0 aromatic heterocycles. The van der Waals surface area contributed by atoms with Crippen LogP contribution in [0.1, 0.15) is 54.1 Å². The predicted molar refractivity (Wildman–Crippen MR) is 112 cm³/mol. The van der Waals surface area contributed by atoms with Gasteiger partial charge in [-0.2, -0.15) is 0 Å². The van der Waals surface area contributed by atoms with Gasteiger partial charge in [-0.1, -0.05) is 24.3 Å². The van der Waals surface area contributed by atoms with Crippen LogP contribution in [0.15, 0.2) is 48.5 Å². The van der Waals surface area contributed by atoms with E-state index in [9.17, 15) is 4.79 Å². The minimum absolute atomic E-state index is 0.105. The molecule has 2 aromatic carbocycles. The number of hydrogen-bond donors (Lipinski definition) is 2. The Hall–Kier alpha value is -2.33. The molecular formula is C23H31N3O. The van der Waals surface area contributed by atoms with Crippen LogP contribution in [-0.4, -0.2) is 37.0 Å². The molecule has 1 heterocycles. The molecule has 144 valence electrons. The van der Waals surface area contributed by atoms with Crippen molar-refractivity contribution < 1.29 is 4.79 Å². The molecule has 1 aliphatic rings. The maximum Gasteiger partial charge on any atom is 0.253 e. The number of carbonyl (C=O) groups is 1. The van der Waals surface area contributed by atoms with E-state index in [4.69, 9.17) is 5.73 Å². The zero-order valence-electron chi connectivity index (χ0n) is 16.4. The normalized spacial score (nSPS) is 16.1. The SMILES string of the molecule is CCN(CC)C(=O)c1ccc(C(c2cccc(N)c2)C2CCNCC2)cc1. The lowest BCUT2D eigenvalue weighted by atomic mass is 9.76. The summed E-state index contributed by atoms with van der Waals surface area (Å²) in [6.45, 7) is 7.62. The largest absolute Gasteiger partial charge is 0.399 e. The quantitative estimate of drug-likeness (QED) is 0.764. The van der Waals surface area contributed by atoms with Gasteiger partial charge < -0.3 is 16.0 Å². The Morgan fingerprint density at radius 3 is 2.33 bits per heavy atom. The van der Waals surface area contributed by atoms with E-state index in [1.807, 2.05) is 43.0 Å². The van der Waals surface area contributed by atoms with Crippen LogP contribution in [0, 0.1) is 5.92 Å². The van der Waals surface area contributed by atoms with Gasteiger partial charge in [0, 0.05) is 30.3 Å². The first-order chi connectivity index (χ1) is 13.1. The van der Waals surface area contributed by atoms with Gasteiger partial charge in [0.05, 0.1) is 0 Å². The number of amides is 1. The van der Waals surface area contributed by atoms with E-state index in [-0.39, 0.29) is 5.91 Å². The van der Waals surface area contributed by atoms with E-state index < -0.39 is 0 Å². The molecule has 0 spiro atoms. The minimum atomic E-state index is 0.105. The number of rotatable bonds is 6. The molecule has 1 atom stereocenters. The Kier molecular flexibility index (Phi) is 6.51. The van der Waals surface area contributed by atoms with Crippen molar-refractivity contribution in [1.29, 1.82) is 0 Å². The molecule has 1 amide bonds. The summed E-state index contributed by atoms with van der Waals surface area (Å²) in [7, 11) is 0. The number of benzene rings is 2. The van der Waals surface area contributed by atoms with Gasteiger partial charge in [-0.3, -0.25) is 4.79 Å². The fourth-order valence-electron chi connectivity index (χ4n) is 4.19. The number of nitrogens with two attached hydrogens (primary N) is 1. The average Bonchev–Trinajstić information content (AvgIpc) is 2.70. The van der Waals surface area contributed by atoms with Crippen molar-refractivity contribution in [3.8, 4) is 0 Å². The Bertz CT molecular complexity index is 746. The summed E-state index contributed by atoms with van der Waals surface area (Å²) in [5.41, 5.74) is 10.2. The molecule has 0 aliphatic carbocycles. The zero-order chi connectivity index (χ0) is 19.2. The molecule has 3 N–H and O–H groups in total. The van der Waals surface area contributed by atoms with Gasteiger partial charge in [0.25, 0.3) is 5.91 Å². The second kappa shape index (κ2) is 9.05. The van der Waals surface area contributed by atoms with Gasteiger partial charge in [-0.05, 0) is 81.1 Å². The maximum atomic E-state index is 12.6. The molecule has 27 heavy (non-hydrogen) atoms. The summed E-state index contributed by atoms with van der Waals surface area (Å²) >= 11 is 0. The molecule has 4 nitrogen and oxygen atoms in total. The van der Waals surface area contributed by atoms with E-state index >= 15 is 0 Å². The van der Waals surface area contributed by atoms with Crippen LogP contribution in [0.4, 0.5) is 5.69 Å². The van der Waals surface area contributed by atoms with Crippen molar-refractivity contribution in [3.63, 3.8) is 0 Å². The third-order valence-corrected chi connectivity index (χ3v) is 5.69. The van der Waals surface area contributed by atoms with Gasteiger partial charge in [0.2, 0.25) is 0 Å². The third-order valence-electron chi connectivity index (χ3n) is 5.69. The van der Waals surface area contributed by atoms with Crippen molar-refractivity contribution in [1.82, 2.24) is 10.2 Å². The summed E-state index contributed by atoms with van der Waals surface area (Å²) in [5.74, 6) is 1.000. The molecule has 1 aliphatic heterocycles. The minimum Gasteiger partial charge on any atom is -0.399 e. The average molecular weight is 366 g/mol. The highest BCUT2D eigenvalue weighted by Gasteiger charge is 2.27. The van der Waals surface area contributed by atoms with Crippen molar-refractivity contribution in [3.05, 3.63) is 65.2 Å². The lowest BCUT2D eigenvalue weighted by molar-refractivity contribution is 0.0773. The first-order valence-corrected chi connectivity index (χ1v) is 10.1. The molecule has 2 aromatic rings. The Balaban J connectivity index is 1.91. The third kappa shape index (κ3) is 4.51. The fraction of sp³-hybridized carbons (Fsp3) is 0.435. The smallest absolute Gasteiger partial charge is 0.253 e. The highest BCUT2D eigenvalue weighted by Crippen LogP contribution is 2.37. The van der Waals surface area contributed by atoms with Gasteiger partial charge in [0.1, 0.15) is 0 Å². The number of nitrogens with zero attached hydrogens (tertiary/aromatic N) is 1. The van der Waals surface area contributed by atoms with E-state index in [0.29, 0.717) is 11.8 Å². The summed E-state index contributed by atoms with van der Waals surface area (Å²) in [6.07, 6.45) is 2.30. The van der Waals surface area contributed by atoms with Crippen LogP contribution >= 0.6 is 0 Å². The number of hydrogen-bond acceptors (Lipinski definition) is 3. The van der Waals surface area contributed by atoms with Crippen molar-refractivity contribution in [2.75, 3.05) is 31.9 Å². The molecule has 0 radical (unpaired) electrons. The van der Waals surface area contributed by atoms with Crippen molar-refractivity contribution in [2.24, 2.45) is 5.92 Å². The van der Waals surface area contributed by atoms with Crippen LogP contribution < -0.4 is 11.1 Å².